The maximum Gasteiger partial charge on any atom is 0.225 e. The first kappa shape index (κ1) is 15.0. The second-order valence-corrected chi connectivity index (χ2v) is 7.43. The summed E-state index contributed by atoms with van der Waals surface area (Å²) in [5, 5.41) is 0. The van der Waals surface area contributed by atoms with Crippen molar-refractivity contribution in [2.45, 2.75) is 12.8 Å². The van der Waals surface area contributed by atoms with Crippen LogP contribution in [0.3, 0.4) is 0 Å². The van der Waals surface area contributed by atoms with Crippen LogP contribution in [0.1, 0.15) is 12.8 Å². The van der Waals surface area contributed by atoms with E-state index in [9.17, 15) is 0 Å². The predicted octanol–water partition coefficient (Wildman–Crippen LogP) is 3.69. The summed E-state index contributed by atoms with van der Waals surface area (Å²) >= 11 is 13.6. The molecule has 3 rings (SSSR count). The fourth-order valence-corrected chi connectivity index (χ4v) is 4.02. The van der Waals surface area contributed by atoms with Crippen molar-refractivity contribution in [1.29, 1.82) is 0 Å². The van der Waals surface area contributed by atoms with Crippen LogP contribution in [0, 0.1) is 5.92 Å². The molecule has 2 aromatic rings. The molecule has 0 atom stereocenters. The van der Waals surface area contributed by atoms with E-state index in [-0.39, 0.29) is 0 Å². The Morgan fingerprint density at radius 1 is 1.33 bits per heavy atom. The molecule has 21 heavy (non-hydrogen) atoms. The molecule has 0 unspecified atom stereocenters. The SMILES string of the molecule is NCC1CCN(c2nccc(-c3cc(Cl)sc3Cl)n2)CC1. The van der Waals surface area contributed by atoms with Crippen LogP contribution in [-0.4, -0.2) is 29.6 Å². The molecule has 0 radical (unpaired) electrons. The van der Waals surface area contributed by atoms with Gasteiger partial charge in [0.05, 0.1) is 10.0 Å². The molecule has 0 saturated carbocycles. The molecule has 1 fully saturated rings. The molecule has 0 amide bonds. The molecule has 1 aliphatic rings. The Balaban J connectivity index is 1.82. The van der Waals surface area contributed by atoms with Gasteiger partial charge in [-0.3, -0.25) is 0 Å². The van der Waals surface area contributed by atoms with Gasteiger partial charge in [-0.1, -0.05) is 23.2 Å². The molecule has 1 aliphatic heterocycles. The third-order valence-corrected chi connectivity index (χ3v) is 5.29. The van der Waals surface area contributed by atoms with Crippen molar-refractivity contribution in [3.8, 4) is 11.3 Å². The molecule has 4 nitrogen and oxygen atoms in total. The van der Waals surface area contributed by atoms with Crippen molar-refractivity contribution in [3.63, 3.8) is 0 Å². The third kappa shape index (κ3) is 3.31. The second kappa shape index (κ2) is 6.48. The molecule has 0 spiro atoms. The molecular formula is C14H16Cl2N4S. The van der Waals surface area contributed by atoms with E-state index in [0.29, 0.717) is 14.6 Å². The number of anilines is 1. The minimum atomic E-state index is 0.620. The molecule has 0 aromatic carbocycles. The number of thiophene rings is 1. The Bertz CT molecular complexity index is 623. The van der Waals surface area contributed by atoms with Crippen molar-refractivity contribution in [1.82, 2.24) is 9.97 Å². The van der Waals surface area contributed by atoms with Gasteiger partial charge in [0.2, 0.25) is 5.95 Å². The molecule has 7 heteroatoms. The summed E-state index contributed by atoms with van der Waals surface area (Å²) in [4.78, 5) is 11.2. The molecule has 2 N–H and O–H groups in total. The number of nitrogens with zero attached hydrogens (tertiary/aromatic N) is 3. The summed E-state index contributed by atoms with van der Waals surface area (Å²) in [5.74, 6) is 1.37. The van der Waals surface area contributed by atoms with Gasteiger partial charge in [-0.15, -0.1) is 11.3 Å². The van der Waals surface area contributed by atoms with Gasteiger partial charge in [0.1, 0.15) is 4.34 Å². The quantitative estimate of drug-likeness (QED) is 0.924. The average molecular weight is 343 g/mol. The summed E-state index contributed by atoms with van der Waals surface area (Å²) in [6, 6.07) is 3.71. The Morgan fingerprint density at radius 2 is 2.10 bits per heavy atom. The van der Waals surface area contributed by atoms with Gasteiger partial charge in [-0.05, 0) is 37.4 Å². The van der Waals surface area contributed by atoms with Gasteiger partial charge in [-0.25, -0.2) is 9.97 Å². The Kier molecular flexibility index (Phi) is 4.64. The first-order valence-corrected chi connectivity index (χ1v) is 8.48. The van der Waals surface area contributed by atoms with Crippen LogP contribution in [0.2, 0.25) is 8.67 Å². The summed E-state index contributed by atoms with van der Waals surface area (Å²) in [6.45, 7) is 2.66. The normalized spacial score (nSPS) is 16.4. The van der Waals surface area contributed by atoms with Gasteiger partial charge >= 0.3 is 0 Å². The van der Waals surface area contributed by atoms with Crippen LogP contribution in [0.15, 0.2) is 18.3 Å². The zero-order valence-corrected chi connectivity index (χ0v) is 13.8. The summed E-state index contributed by atoms with van der Waals surface area (Å²) in [7, 11) is 0. The maximum absolute atomic E-state index is 6.20. The average Bonchev–Trinajstić information content (AvgIpc) is 2.86. The van der Waals surface area contributed by atoms with E-state index in [4.69, 9.17) is 28.9 Å². The summed E-state index contributed by atoms with van der Waals surface area (Å²) < 4.78 is 1.32. The topological polar surface area (TPSA) is 55.0 Å². The smallest absolute Gasteiger partial charge is 0.225 e. The number of hydrogen-bond donors (Lipinski definition) is 1. The van der Waals surface area contributed by atoms with Crippen LogP contribution < -0.4 is 10.6 Å². The molecular weight excluding hydrogens is 327 g/mol. The van der Waals surface area contributed by atoms with Crippen LogP contribution in [0.5, 0.6) is 0 Å². The standard InChI is InChI=1S/C14H16Cl2N4S/c15-12-7-10(13(16)21-12)11-1-4-18-14(19-11)20-5-2-9(8-17)3-6-20/h1,4,7,9H,2-3,5-6,8,17H2. The van der Waals surface area contributed by atoms with E-state index in [1.165, 1.54) is 11.3 Å². The fraction of sp³-hybridized carbons (Fsp3) is 0.429. The number of rotatable bonds is 3. The van der Waals surface area contributed by atoms with Gasteiger partial charge in [0, 0.05) is 24.8 Å². The van der Waals surface area contributed by atoms with Crippen molar-refractivity contribution >= 4 is 40.5 Å². The highest BCUT2D eigenvalue weighted by Gasteiger charge is 2.20. The second-order valence-electron chi connectivity index (χ2n) is 5.15. The van der Waals surface area contributed by atoms with Gasteiger partial charge in [0.15, 0.2) is 0 Å². The Morgan fingerprint density at radius 3 is 2.71 bits per heavy atom. The number of piperidine rings is 1. The van der Waals surface area contributed by atoms with Gasteiger partial charge in [0.25, 0.3) is 0 Å². The van der Waals surface area contributed by atoms with E-state index in [0.717, 1.165) is 49.7 Å². The molecule has 1 saturated heterocycles. The Hall–Kier alpha value is -0.880. The first-order valence-electron chi connectivity index (χ1n) is 6.90. The number of halogens is 2. The highest BCUT2D eigenvalue weighted by molar-refractivity contribution is 7.20. The molecule has 3 heterocycles. The van der Waals surface area contributed by atoms with Crippen molar-refractivity contribution < 1.29 is 0 Å². The third-order valence-electron chi connectivity index (χ3n) is 3.81. The van der Waals surface area contributed by atoms with Gasteiger partial charge in [-0.2, -0.15) is 0 Å². The van der Waals surface area contributed by atoms with E-state index in [1.54, 1.807) is 6.20 Å². The number of nitrogens with two attached hydrogens (primary N) is 1. The minimum Gasteiger partial charge on any atom is -0.341 e. The van der Waals surface area contributed by atoms with Crippen LogP contribution in [0.25, 0.3) is 11.3 Å². The molecule has 0 aliphatic carbocycles. The van der Waals surface area contributed by atoms with Crippen LogP contribution in [-0.2, 0) is 0 Å². The summed E-state index contributed by atoms with van der Waals surface area (Å²) in [6.07, 6.45) is 3.96. The molecule has 112 valence electrons. The summed E-state index contributed by atoms with van der Waals surface area (Å²) in [5.41, 5.74) is 7.41. The maximum atomic E-state index is 6.20. The minimum absolute atomic E-state index is 0.620. The first-order chi connectivity index (χ1) is 10.2. The Labute approximate surface area is 137 Å². The van der Waals surface area contributed by atoms with E-state index < -0.39 is 0 Å². The van der Waals surface area contributed by atoms with E-state index >= 15 is 0 Å². The fourth-order valence-electron chi connectivity index (χ4n) is 2.53. The largest absolute Gasteiger partial charge is 0.341 e. The monoisotopic (exact) mass is 342 g/mol. The predicted molar refractivity (Wildman–Crippen MR) is 89.4 cm³/mol. The van der Waals surface area contributed by atoms with Crippen LogP contribution >= 0.6 is 34.5 Å². The van der Waals surface area contributed by atoms with Crippen molar-refractivity contribution in [2.75, 3.05) is 24.5 Å². The lowest BCUT2D eigenvalue weighted by Crippen LogP contribution is -2.37. The van der Waals surface area contributed by atoms with Crippen molar-refractivity contribution in [3.05, 3.63) is 27.0 Å². The zero-order chi connectivity index (χ0) is 14.8. The van der Waals surface area contributed by atoms with Gasteiger partial charge < -0.3 is 10.6 Å². The molecule has 0 bridgehead atoms. The lowest BCUT2D eigenvalue weighted by molar-refractivity contribution is 0.411. The highest BCUT2D eigenvalue weighted by atomic mass is 35.5. The van der Waals surface area contributed by atoms with E-state index in [2.05, 4.69) is 14.9 Å². The zero-order valence-electron chi connectivity index (χ0n) is 11.4. The van der Waals surface area contributed by atoms with Crippen molar-refractivity contribution in [2.24, 2.45) is 11.7 Å². The number of aromatic nitrogens is 2. The molecule has 2 aromatic heterocycles. The lowest BCUT2D eigenvalue weighted by atomic mass is 9.97. The highest BCUT2D eigenvalue weighted by Crippen LogP contribution is 2.37. The lowest BCUT2D eigenvalue weighted by Gasteiger charge is -2.31. The van der Waals surface area contributed by atoms with Crippen LogP contribution in [0.4, 0.5) is 5.95 Å². The van der Waals surface area contributed by atoms with E-state index in [1.807, 2.05) is 12.1 Å². The number of hydrogen-bond acceptors (Lipinski definition) is 5.